The van der Waals surface area contributed by atoms with Gasteiger partial charge < -0.3 is 19.1 Å². The number of benzene rings is 1. The first-order valence-electron chi connectivity index (χ1n) is 12.2. The number of carbonyl (C=O) groups excluding carboxylic acids is 2. The Morgan fingerprint density at radius 1 is 1.16 bits per heavy atom. The average molecular weight is 507 g/mol. The van der Waals surface area contributed by atoms with Crippen LogP contribution in [0.15, 0.2) is 63.6 Å². The lowest BCUT2D eigenvalue weighted by Crippen LogP contribution is -2.46. The predicted molar refractivity (Wildman–Crippen MR) is 129 cm³/mol. The monoisotopic (exact) mass is 506 g/mol. The van der Waals surface area contributed by atoms with E-state index in [4.69, 9.17) is 8.83 Å². The molecule has 0 saturated heterocycles. The third-order valence-corrected chi connectivity index (χ3v) is 6.36. The predicted octanol–water partition coefficient (Wildman–Crippen LogP) is 3.80. The molecule has 0 bridgehead atoms. The van der Waals surface area contributed by atoms with Crippen LogP contribution in [0.5, 0.6) is 0 Å². The molecule has 0 unspecified atom stereocenters. The minimum absolute atomic E-state index is 0.0187. The Morgan fingerprint density at radius 2 is 1.95 bits per heavy atom. The molecule has 1 aromatic carbocycles. The molecule has 37 heavy (non-hydrogen) atoms. The van der Waals surface area contributed by atoms with Gasteiger partial charge in [-0.25, -0.2) is 4.39 Å². The van der Waals surface area contributed by atoms with Crippen molar-refractivity contribution in [2.75, 3.05) is 0 Å². The molecular formula is C26H27FN6O4. The maximum absolute atomic E-state index is 13.7. The van der Waals surface area contributed by atoms with E-state index >= 15 is 0 Å². The topological polar surface area (TPSA) is 119 Å². The molecule has 3 heterocycles. The Morgan fingerprint density at radius 3 is 2.62 bits per heavy atom. The molecule has 1 aliphatic carbocycles. The van der Waals surface area contributed by atoms with Gasteiger partial charge in [0.15, 0.2) is 5.76 Å². The van der Waals surface area contributed by atoms with Gasteiger partial charge in [-0.05, 0) is 66.9 Å². The third-order valence-electron chi connectivity index (χ3n) is 6.36. The molecule has 1 atom stereocenters. The van der Waals surface area contributed by atoms with E-state index in [0.29, 0.717) is 22.8 Å². The fourth-order valence-electron chi connectivity index (χ4n) is 4.54. The summed E-state index contributed by atoms with van der Waals surface area (Å²) in [6.07, 6.45) is 5.34. The second-order valence-electron chi connectivity index (χ2n) is 9.10. The maximum Gasteiger partial charge on any atom is 0.247 e. The Bertz CT molecular complexity index is 1340. The van der Waals surface area contributed by atoms with Gasteiger partial charge in [0.1, 0.15) is 29.9 Å². The van der Waals surface area contributed by atoms with E-state index in [1.165, 1.54) is 35.4 Å². The number of aromatic nitrogens is 4. The van der Waals surface area contributed by atoms with Gasteiger partial charge in [-0.15, -0.1) is 10.2 Å². The van der Waals surface area contributed by atoms with Crippen LogP contribution in [0.2, 0.25) is 0 Å². The third kappa shape index (κ3) is 5.76. The van der Waals surface area contributed by atoms with Gasteiger partial charge in [-0.1, -0.05) is 25.0 Å². The van der Waals surface area contributed by atoms with E-state index < -0.39 is 17.8 Å². The van der Waals surface area contributed by atoms with Crippen LogP contribution in [0.3, 0.4) is 0 Å². The van der Waals surface area contributed by atoms with Gasteiger partial charge in [0.05, 0.1) is 12.8 Å². The minimum Gasteiger partial charge on any atom is -0.467 e. The molecule has 192 valence electrons. The number of rotatable bonds is 9. The lowest BCUT2D eigenvalue weighted by molar-refractivity contribution is -0.143. The largest absolute Gasteiger partial charge is 0.467 e. The van der Waals surface area contributed by atoms with Crippen molar-refractivity contribution in [3.8, 4) is 11.6 Å². The van der Waals surface area contributed by atoms with Crippen LogP contribution < -0.4 is 5.32 Å². The highest BCUT2D eigenvalue weighted by atomic mass is 19.1. The van der Waals surface area contributed by atoms with E-state index in [9.17, 15) is 14.0 Å². The van der Waals surface area contributed by atoms with Crippen LogP contribution in [-0.2, 0) is 22.7 Å². The lowest BCUT2D eigenvalue weighted by Gasteiger charge is -2.31. The van der Waals surface area contributed by atoms with E-state index in [-0.39, 0.29) is 30.9 Å². The summed E-state index contributed by atoms with van der Waals surface area (Å²) in [6, 6.07) is 11.5. The van der Waals surface area contributed by atoms with Gasteiger partial charge in [-0.3, -0.25) is 9.59 Å². The van der Waals surface area contributed by atoms with Crippen molar-refractivity contribution >= 4 is 11.8 Å². The summed E-state index contributed by atoms with van der Waals surface area (Å²) in [6.45, 7) is 1.54. The van der Waals surface area contributed by atoms with Crippen LogP contribution in [-0.4, -0.2) is 43.0 Å². The number of hydrogen-bond donors (Lipinski definition) is 1. The molecule has 1 fully saturated rings. The van der Waals surface area contributed by atoms with Gasteiger partial charge in [0, 0.05) is 6.04 Å². The number of aryl methyl sites for hydroxylation is 1. The van der Waals surface area contributed by atoms with E-state index in [2.05, 4.69) is 20.7 Å². The van der Waals surface area contributed by atoms with E-state index in [0.717, 1.165) is 30.5 Å². The van der Waals surface area contributed by atoms with Crippen molar-refractivity contribution in [3.05, 3.63) is 77.7 Å². The first-order chi connectivity index (χ1) is 18.0. The highest BCUT2D eigenvalue weighted by Gasteiger charge is 2.34. The van der Waals surface area contributed by atoms with Crippen LogP contribution >= 0.6 is 0 Å². The molecule has 3 aromatic heterocycles. The fraction of sp³-hybridized carbons (Fsp3) is 0.346. The van der Waals surface area contributed by atoms with E-state index in [1.54, 1.807) is 31.2 Å². The first kappa shape index (κ1) is 24.4. The molecule has 0 aliphatic heterocycles. The van der Waals surface area contributed by atoms with Gasteiger partial charge >= 0.3 is 0 Å². The van der Waals surface area contributed by atoms with Crippen LogP contribution in [0, 0.1) is 12.7 Å². The van der Waals surface area contributed by atoms with Crippen LogP contribution in [0.25, 0.3) is 11.6 Å². The zero-order chi connectivity index (χ0) is 25.8. The summed E-state index contributed by atoms with van der Waals surface area (Å²) in [5, 5.41) is 15.3. The second-order valence-corrected chi connectivity index (χ2v) is 9.10. The summed E-state index contributed by atoms with van der Waals surface area (Å²) in [5.74, 6) is 0.657. The first-order valence-corrected chi connectivity index (χ1v) is 12.2. The number of halogens is 1. The lowest BCUT2D eigenvalue weighted by atomic mass is 10.0. The molecular weight excluding hydrogens is 479 g/mol. The van der Waals surface area contributed by atoms with Gasteiger partial charge in [0.2, 0.25) is 17.6 Å². The van der Waals surface area contributed by atoms with Crippen molar-refractivity contribution < 1.29 is 22.8 Å². The standard InChI is InChI=1S/C26H27FN6O4/c1-17-8-13-22(37-17)25-29-31-33(30-25)16-23(34)32(15-21-7-4-14-36-21)24(18-9-11-19(27)12-10-18)26(35)28-20-5-2-3-6-20/h4,7-14,20,24H,2-3,5-6,15-16H2,1H3,(H,28,35)/t24-/m0/s1. The van der Waals surface area contributed by atoms with Crippen molar-refractivity contribution in [1.29, 1.82) is 0 Å². The number of nitrogens with one attached hydrogen (secondary N) is 1. The number of hydrogen-bond acceptors (Lipinski definition) is 7. The highest BCUT2D eigenvalue weighted by Crippen LogP contribution is 2.27. The Balaban J connectivity index is 1.44. The summed E-state index contributed by atoms with van der Waals surface area (Å²) in [7, 11) is 0. The molecule has 1 N–H and O–H groups in total. The van der Waals surface area contributed by atoms with Crippen molar-refractivity contribution in [3.63, 3.8) is 0 Å². The smallest absolute Gasteiger partial charge is 0.247 e. The molecule has 11 heteroatoms. The molecule has 1 saturated carbocycles. The molecule has 5 rings (SSSR count). The van der Waals surface area contributed by atoms with Crippen molar-refractivity contribution in [2.24, 2.45) is 0 Å². The summed E-state index contributed by atoms with van der Waals surface area (Å²) in [5.41, 5.74) is 0.482. The van der Waals surface area contributed by atoms with Crippen molar-refractivity contribution in [2.45, 2.75) is 57.8 Å². The Labute approximate surface area is 212 Å². The summed E-state index contributed by atoms with van der Waals surface area (Å²) in [4.78, 5) is 29.9. The molecule has 10 nitrogen and oxygen atoms in total. The maximum atomic E-state index is 13.7. The van der Waals surface area contributed by atoms with Gasteiger partial charge in [0.25, 0.3) is 0 Å². The van der Waals surface area contributed by atoms with E-state index in [1.807, 2.05) is 0 Å². The molecule has 1 aliphatic rings. The van der Waals surface area contributed by atoms with Crippen LogP contribution in [0.4, 0.5) is 4.39 Å². The summed E-state index contributed by atoms with van der Waals surface area (Å²) >= 11 is 0. The SMILES string of the molecule is Cc1ccc(-c2nnn(CC(=O)N(Cc3ccco3)[C@H](C(=O)NC3CCCC3)c3ccc(F)cc3)n2)o1. The fourth-order valence-corrected chi connectivity index (χ4v) is 4.54. The molecule has 4 aromatic rings. The van der Waals surface area contributed by atoms with Crippen LogP contribution in [0.1, 0.15) is 48.8 Å². The highest BCUT2D eigenvalue weighted by molar-refractivity contribution is 5.88. The number of furan rings is 2. The number of nitrogens with zero attached hydrogens (tertiary/aromatic N) is 5. The second kappa shape index (κ2) is 10.8. The average Bonchev–Trinajstić information content (AvgIpc) is 3.69. The Kier molecular flexibility index (Phi) is 7.11. The number of tetrazole rings is 1. The molecule has 2 amide bonds. The minimum atomic E-state index is -1.02. The van der Waals surface area contributed by atoms with Crippen molar-refractivity contribution in [1.82, 2.24) is 30.4 Å². The van der Waals surface area contributed by atoms with Gasteiger partial charge in [-0.2, -0.15) is 4.80 Å². The zero-order valence-corrected chi connectivity index (χ0v) is 20.3. The zero-order valence-electron chi connectivity index (χ0n) is 20.3. The Hall–Kier alpha value is -4.28. The molecule has 0 spiro atoms. The normalized spacial score (nSPS) is 14.5. The molecule has 0 radical (unpaired) electrons. The number of amides is 2. The summed E-state index contributed by atoms with van der Waals surface area (Å²) < 4.78 is 24.8. The quantitative estimate of drug-likeness (QED) is 0.367. The number of carbonyl (C=O) groups is 2.